The van der Waals surface area contributed by atoms with Crippen LogP contribution in [-0.4, -0.2) is 49.7 Å². The van der Waals surface area contributed by atoms with Gasteiger partial charge in [-0.1, -0.05) is 6.92 Å². The normalized spacial score (nSPS) is 16.4. The van der Waals surface area contributed by atoms with Crippen LogP contribution < -0.4 is 5.32 Å². The number of carbonyl (C=O) groups is 1. The van der Waals surface area contributed by atoms with E-state index in [1.54, 1.807) is 0 Å². The lowest BCUT2D eigenvalue weighted by Crippen LogP contribution is -2.47. The van der Waals surface area contributed by atoms with Crippen LogP contribution in [0.15, 0.2) is 0 Å². The zero-order valence-electron chi connectivity index (χ0n) is 10.9. The largest absolute Gasteiger partial charge is 0.372 e. The summed E-state index contributed by atoms with van der Waals surface area (Å²) >= 11 is 0. The Morgan fingerprint density at radius 2 is 2.00 bits per heavy atom. The molecule has 0 bridgehead atoms. The summed E-state index contributed by atoms with van der Waals surface area (Å²) in [6, 6.07) is 0.411. The summed E-state index contributed by atoms with van der Waals surface area (Å²) < 4.78 is 5.21. The highest BCUT2D eigenvalue weighted by molar-refractivity contribution is 5.85. The molecular formula is C12H25ClN2O2. The number of nitrogens with zero attached hydrogens (tertiary/aromatic N) is 1. The third-order valence-corrected chi connectivity index (χ3v) is 2.96. The molecule has 0 aliphatic carbocycles. The summed E-state index contributed by atoms with van der Waals surface area (Å²) in [5.41, 5.74) is 0. The number of piperidine rings is 1. The van der Waals surface area contributed by atoms with Crippen LogP contribution in [0.25, 0.3) is 0 Å². The summed E-state index contributed by atoms with van der Waals surface area (Å²) in [6.07, 6.45) is 3.15. The zero-order chi connectivity index (χ0) is 11.8. The fourth-order valence-electron chi connectivity index (χ4n) is 2.14. The SMILES string of the molecule is CCCN(C(=O)COCC)C1CCNCC1.Cl. The van der Waals surface area contributed by atoms with E-state index in [4.69, 9.17) is 4.74 Å². The molecule has 17 heavy (non-hydrogen) atoms. The molecule has 0 aromatic heterocycles. The lowest BCUT2D eigenvalue weighted by molar-refractivity contribution is -0.138. The lowest BCUT2D eigenvalue weighted by Gasteiger charge is -2.34. The second-order valence-electron chi connectivity index (χ2n) is 4.21. The molecule has 1 saturated heterocycles. The van der Waals surface area contributed by atoms with Gasteiger partial charge in [-0.15, -0.1) is 12.4 Å². The van der Waals surface area contributed by atoms with Gasteiger partial charge >= 0.3 is 0 Å². The fourth-order valence-corrected chi connectivity index (χ4v) is 2.14. The molecule has 5 heteroatoms. The van der Waals surface area contributed by atoms with Gasteiger partial charge in [-0.05, 0) is 39.3 Å². The molecule has 0 atom stereocenters. The topological polar surface area (TPSA) is 41.6 Å². The molecular weight excluding hydrogens is 240 g/mol. The Morgan fingerprint density at radius 3 is 2.53 bits per heavy atom. The Balaban J connectivity index is 0.00000256. The third-order valence-electron chi connectivity index (χ3n) is 2.96. The van der Waals surface area contributed by atoms with Gasteiger partial charge in [-0.3, -0.25) is 4.79 Å². The van der Waals surface area contributed by atoms with Crippen LogP contribution >= 0.6 is 12.4 Å². The van der Waals surface area contributed by atoms with E-state index in [9.17, 15) is 4.79 Å². The smallest absolute Gasteiger partial charge is 0.248 e. The summed E-state index contributed by atoms with van der Waals surface area (Å²) in [5, 5.41) is 3.32. The first-order chi connectivity index (χ1) is 7.79. The van der Waals surface area contributed by atoms with Gasteiger partial charge in [0.2, 0.25) is 5.91 Å². The third kappa shape index (κ3) is 5.70. The van der Waals surface area contributed by atoms with E-state index in [-0.39, 0.29) is 24.9 Å². The first-order valence-electron chi connectivity index (χ1n) is 6.37. The monoisotopic (exact) mass is 264 g/mol. The molecule has 1 N–H and O–H groups in total. The molecule has 102 valence electrons. The molecule has 1 fully saturated rings. The van der Waals surface area contributed by atoms with Gasteiger partial charge in [0.1, 0.15) is 6.61 Å². The predicted molar refractivity (Wildman–Crippen MR) is 71.6 cm³/mol. The molecule has 1 aliphatic heterocycles. The predicted octanol–water partition coefficient (Wildman–Crippen LogP) is 1.44. The Bertz CT molecular complexity index is 209. The van der Waals surface area contributed by atoms with Gasteiger partial charge in [-0.2, -0.15) is 0 Å². The highest BCUT2D eigenvalue weighted by atomic mass is 35.5. The minimum atomic E-state index is 0. The van der Waals surface area contributed by atoms with E-state index < -0.39 is 0 Å². The van der Waals surface area contributed by atoms with Gasteiger partial charge in [0.05, 0.1) is 0 Å². The Labute approximate surface area is 110 Å². The maximum atomic E-state index is 12.0. The van der Waals surface area contributed by atoms with Crippen LogP contribution in [0.1, 0.15) is 33.1 Å². The number of nitrogens with one attached hydrogen (secondary N) is 1. The van der Waals surface area contributed by atoms with Gasteiger partial charge in [-0.25, -0.2) is 0 Å². The standard InChI is InChI=1S/C12H24N2O2.ClH/c1-3-9-14(12(15)10-16-4-2)11-5-7-13-8-6-11;/h11,13H,3-10H2,1-2H3;1H. The van der Waals surface area contributed by atoms with Crippen molar-refractivity contribution in [1.82, 2.24) is 10.2 Å². The molecule has 0 spiro atoms. The Kier molecular flexibility index (Phi) is 9.50. The quantitative estimate of drug-likeness (QED) is 0.789. The van der Waals surface area contributed by atoms with E-state index >= 15 is 0 Å². The van der Waals surface area contributed by atoms with Crippen molar-refractivity contribution < 1.29 is 9.53 Å². The van der Waals surface area contributed by atoms with Crippen molar-refractivity contribution >= 4 is 18.3 Å². The average Bonchev–Trinajstić information content (AvgIpc) is 2.34. The van der Waals surface area contributed by atoms with E-state index in [0.29, 0.717) is 12.6 Å². The van der Waals surface area contributed by atoms with E-state index in [1.165, 1.54) is 0 Å². The number of rotatable bonds is 6. The summed E-state index contributed by atoms with van der Waals surface area (Å²) in [6.45, 7) is 7.78. The number of hydrogen-bond acceptors (Lipinski definition) is 3. The minimum Gasteiger partial charge on any atom is -0.372 e. The van der Waals surface area contributed by atoms with E-state index in [2.05, 4.69) is 12.2 Å². The summed E-state index contributed by atoms with van der Waals surface area (Å²) in [5.74, 6) is 0.149. The zero-order valence-corrected chi connectivity index (χ0v) is 11.7. The molecule has 0 aromatic carbocycles. The average molecular weight is 265 g/mol. The minimum absolute atomic E-state index is 0. The number of amides is 1. The molecule has 4 nitrogen and oxygen atoms in total. The molecule has 1 heterocycles. The molecule has 1 rings (SSSR count). The molecule has 0 aromatic rings. The van der Waals surface area contributed by atoms with Gasteiger partial charge in [0.15, 0.2) is 0 Å². The maximum absolute atomic E-state index is 12.0. The molecule has 1 aliphatic rings. The lowest BCUT2D eigenvalue weighted by atomic mass is 10.0. The molecule has 0 unspecified atom stereocenters. The highest BCUT2D eigenvalue weighted by Gasteiger charge is 2.24. The van der Waals surface area contributed by atoms with Crippen molar-refractivity contribution in [3.63, 3.8) is 0 Å². The fraction of sp³-hybridized carbons (Fsp3) is 0.917. The van der Waals surface area contributed by atoms with Crippen LogP contribution in [0.4, 0.5) is 0 Å². The van der Waals surface area contributed by atoms with Gasteiger partial charge in [0.25, 0.3) is 0 Å². The van der Waals surface area contributed by atoms with Crippen LogP contribution in [0.5, 0.6) is 0 Å². The van der Waals surface area contributed by atoms with Crippen molar-refractivity contribution in [2.75, 3.05) is 32.8 Å². The van der Waals surface area contributed by atoms with Crippen molar-refractivity contribution in [3.05, 3.63) is 0 Å². The first-order valence-corrected chi connectivity index (χ1v) is 6.37. The number of halogens is 1. The molecule has 0 radical (unpaired) electrons. The summed E-state index contributed by atoms with van der Waals surface area (Å²) in [4.78, 5) is 14.0. The van der Waals surface area contributed by atoms with E-state index in [1.807, 2.05) is 11.8 Å². The van der Waals surface area contributed by atoms with Crippen LogP contribution in [0.2, 0.25) is 0 Å². The van der Waals surface area contributed by atoms with Crippen molar-refractivity contribution in [2.45, 2.75) is 39.2 Å². The van der Waals surface area contributed by atoms with Crippen molar-refractivity contribution in [1.29, 1.82) is 0 Å². The second kappa shape index (κ2) is 9.68. The number of ether oxygens (including phenoxy) is 1. The van der Waals surface area contributed by atoms with Crippen LogP contribution in [-0.2, 0) is 9.53 Å². The molecule has 1 amide bonds. The number of carbonyl (C=O) groups excluding carboxylic acids is 1. The Morgan fingerprint density at radius 1 is 1.35 bits per heavy atom. The first kappa shape index (κ1) is 16.7. The molecule has 0 saturated carbocycles. The summed E-state index contributed by atoms with van der Waals surface area (Å²) in [7, 11) is 0. The van der Waals surface area contributed by atoms with Gasteiger partial charge < -0.3 is 15.0 Å². The Hall–Kier alpha value is -0.320. The van der Waals surface area contributed by atoms with Crippen molar-refractivity contribution in [2.24, 2.45) is 0 Å². The van der Waals surface area contributed by atoms with E-state index in [0.717, 1.165) is 38.9 Å². The second-order valence-corrected chi connectivity index (χ2v) is 4.21. The van der Waals surface area contributed by atoms with Crippen LogP contribution in [0.3, 0.4) is 0 Å². The maximum Gasteiger partial charge on any atom is 0.248 e. The van der Waals surface area contributed by atoms with Crippen molar-refractivity contribution in [3.8, 4) is 0 Å². The number of hydrogen-bond donors (Lipinski definition) is 1. The van der Waals surface area contributed by atoms with Gasteiger partial charge in [0, 0.05) is 19.2 Å². The highest BCUT2D eigenvalue weighted by Crippen LogP contribution is 2.12. The van der Waals surface area contributed by atoms with Crippen LogP contribution in [0, 0.1) is 0 Å².